The molecule has 2 rings (SSSR count). The number of benzene rings is 1. The summed E-state index contributed by atoms with van der Waals surface area (Å²) < 4.78 is 0. The molecule has 0 saturated heterocycles. The van der Waals surface area contributed by atoms with Crippen LogP contribution in [0.1, 0.15) is 30.4 Å². The fourth-order valence-corrected chi connectivity index (χ4v) is 1.97. The van der Waals surface area contributed by atoms with E-state index in [0.717, 1.165) is 24.8 Å². The summed E-state index contributed by atoms with van der Waals surface area (Å²) in [5.74, 6) is -0.717. The molecule has 0 heterocycles. The van der Waals surface area contributed by atoms with Crippen LogP contribution in [0.3, 0.4) is 0 Å². The summed E-state index contributed by atoms with van der Waals surface area (Å²) in [6.45, 7) is 2.68. The average molecular weight is 219 g/mol. The second-order valence-corrected chi connectivity index (χ2v) is 4.58. The maximum Gasteiger partial charge on any atom is 0.323 e. The highest BCUT2D eigenvalue weighted by Crippen LogP contribution is 2.32. The molecule has 1 aliphatic rings. The number of hydrogen-bond donors (Lipinski definition) is 2. The smallest absolute Gasteiger partial charge is 0.323 e. The Morgan fingerprint density at radius 1 is 1.38 bits per heavy atom. The zero-order chi connectivity index (χ0) is 11.6. The van der Waals surface area contributed by atoms with Crippen molar-refractivity contribution in [3.05, 3.63) is 35.4 Å². The van der Waals surface area contributed by atoms with Crippen molar-refractivity contribution in [2.24, 2.45) is 0 Å². The van der Waals surface area contributed by atoms with Gasteiger partial charge in [0.2, 0.25) is 0 Å². The quantitative estimate of drug-likeness (QED) is 0.815. The Morgan fingerprint density at radius 3 is 2.44 bits per heavy atom. The Kier molecular flexibility index (Phi) is 2.97. The molecule has 0 aliphatic heterocycles. The van der Waals surface area contributed by atoms with Gasteiger partial charge in [-0.05, 0) is 31.7 Å². The SMILES string of the molecule is Cc1ccc(CNC2(C(=O)O)CCC2)cc1. The van der Waals surface area contributed by atoms with Crippen LogP contribution < -0.4 is 5.32 Å². The minimum Gasteiger partial charge on any atom is -0.480 e. The van der Waals surface area contributed by atoms with Crippen molar-refractivity contribution in [3.63, 3.8) is 0 Å². The van der Waals surface area contributed by atoms with E-state index in [2.05, 4.69) is 5.32 Å². The van der Waals surface area contributed by atoms with Gasteiger partial charge in [0.25, 0.3) is 0 Å². The molecule has 3 nitrogen and oxygen atoms in total. The molecule has 2 N–H and O–H groups in total. The third-order valence-corrected chi connectivity index (χ3v) is 3.37. The minimum atomic E-state index is -0.717. The van der Waals surface area contributed by atoms with Crippen LogP contribution in [0.2, 0.25) is 0 Å². The Morgan fingerprint density at radius 2 is 2.00 bits per heavy atom. The molecule has 1 aromatic carbocycles. The second kappa shape index (κ2) is 4.26. The lowest BCUT2D eigenvalue weighted by atomic mass is 9.76. The van der Waals surface area contributed by atoms with E-state index in [1.807, 2.05) is 31.2 Å². The maximum atomic E-state index is 11.1. The topological polar surface area (TPSA) is 49.3 Å². The van der Waals surface area contributed by atoms with Crippen LogP contribution in [0.5, 0.6) is 0 Å². The van der Waals surface area contributed by atoms with Crippen LogP contribution in [-0.4, -0.2) is 16.6 Å². The van der Waals surface area contributed by atoms with Gasteiger partial charge in [-0.3, -0.25) is 10.1 Å². The Balaban J connectivity index is 1.96. The minimum absolute atomic E-state index is 0.632. The van der Waals surface area contributed by atoms with Gasteiger partial charge >= 0.3 is 5.97 Å². The standard InChI is InChI=1S/C13H17NO2/c1-10-3-5-11(6-4-10)9-14-13(12(15)16)7-2-8-13/h3-6,14H,2,7-9H2,1H3,(H,15,16). The summed E-state index contributed by atoms with van der Waals surface area (Å²) in [5.41, 5.74) is 1.70. The van der Waals surface area contributed by atoms with E-state index >= 15 is 0 Å². The third kappa shape index (κ3) is 2.09. The van der Waals surface area contributed by atoms with Gasteiger partial charge < -0.3 is 5.11 Å². The molecule has 0 atom stereocenters. The van der Waals surface area contributed by atoms with E-state index in [9.17, 15) is 4.79 Å². The first kappa shape index (κ1) is 11.1. The normalized spacial score (nSPS) is 17.8. The van der Waals surface area contributed by atoms with Crippen molar-refractivity contribution in [1.29, 1.82) is 0 Å². The van der Waals surface area contributed by atoms with Gasteiger partial charge in [0.1, 0.15) is 5.54 Å². The number of aryl methyl sites for hydroxylation is 1. The maximum absolute atomic E-state index is 11.1. The van der Waals surface area contributed by atoms with Gasteiger partial charge in [-0.1, -0.05) is 29.8 Å². The Labute approximate surface area is 95.5 Å². The van der Waals surface area contributed by atoms with Crippen LogP contribution >= 0.6 is 0 Å². The largest absolute Gasteiger partial charge is 0.480 e. The van der Waals surface area contributed by atoms with E-state index in [1.54, 1.807) is 0 Å². The zero-order valence-electron chi connectivity index (χ0n) is 9.49. The third-order valence-electron chi connectivity index (χ3n) is 3.37. The molecule has 0 radical (unpaired) electrons. The number of aliphatic carboxylic acids is 1. The second-order valence-electron chi connectivity index (χ2n) is 4.58. The summed E-state index contributed by atoms with van der Waals surface area (Å²) in [7, 11) is 0. The molecular weight excluding hydrogens is 202 g/mol. The molecule has 0 unspecified atom stereocenters. The van der Waals surface area contributed by atoms with Crippen molar-refractivity contribution in [1.82, 2.24) is 5.32 Å². The molecule has 3 heteroatoms. The number of hydrogen-bond acceptors (Lipinski definition) is 2. The highest BCUT2D eigenvalue weighted by molar-refractivity contribution is 5.79. The van der Waals surface area contributed by atoms with E-state index in [-0.39, 0.29) is 0 Å². The lowest BCUT2D eigenvalue weighted by Gasteiger charge is -2.38. The molecule has 86 valence electrons. The lowest BCUT2D eigenvalue weighted by molar-refractivity contribution is -0.148. The van der Waals surface area contributed by atoms with Gasteiger partial charge in [-0.25, -0.2) is 0 Å². The Bertz CT molecular complexity index is 379. The molecule has 16 heavy (non-hydrogen) atoms. The van der Waals surface area contributed by atoms with Gasteiger partial charge in [0.15, 0.2) is 0 Å². The first-order chi connectivity index (χ1) is 7.62. The predicted molar refractivity (Wildman–Crippen MR) is 62.2 cm³/mol. The van der Waals surface area contributed by atoms with Crippen molar-refractivity contribution in [3.8, 4) is 0 Å². The van der Waals surface area contributed by atoms with Crippen molar-refractivity contribution < 1.29 is 9.90 Å². The van der Waals surface area contributed by atoms with Crippen molar-refractivity contribution >= 4 is 5.97 Å². The van der Waals surface area contributed by atoms with E-state index in [1.165, 1.54) is 5.56 Å². The molecule has 0 bridgehead atoms. The van der Waals surface area contributed by atoms with E-state index in [4.69, 9.17) is 5.11 Å². The van der Waals surface area contributed by atoms with Crippen LogP contribution in [-0.2, 0) is 11.3 Å². The van der Waals surface area contributed by atoms with E-state index in [0.29, 0.717) is 6.54 Å². The van der Waals surface area contributed by atoms with Crippen LogP contribution in [0.15, 0.2) is 24.3 Å². The van der Waals surface area contributed by atoms with Crippen LogP contribution in [0.25, 0.3) is 0 Å². The first-order valence-electron chi connectivity index (χ1n) is 5.66. The molecule has 1 aliphatic carbocycles. The first-order valence-corrected chi connectivity index (χ1v) is 5.66. The molecule has 0 aromatic heterocycles. The summed E-state index contributed by atoms with van der Waals surface area (Å²) in [6, 6.07) is 8.17. The average Bonchev–Trinajstić information content (AvgIpc) is 2.18. The van der Waals surface area contributed by atoms with Crippen LogP contribution in [0.4, 0.5) is 0 Å². The number of rotatable bonds is 4. The van der Waals surface area contributed by atoms with Gasteiger partial charge in [-0.15, -0.1) is 0 Å². The molecular formula is C13H17NO2. The summed E-state index contributed by atoms with van der Waals surface area (Å²) in [6.07, 6.45) is 2.50. The number of carbonyl (C=O) groups is 1. The molecule has 1 saturated carbocycles. The highest BCUT2D eigenvalue weighted by Gasteiger charge is 2.43. The highest BCUT2D eigenvalue weighted by atomic mass is 16.4. The predicted octanol–water partition coefficient (Wildman–Crippen LogP) is 2.09. The number of carboxylic acid groups (broad SMARTS) is 1. The van der Waals surface area contributed by atoms with Gasteiger partial charge in [0.05, 0.1) is 0 Å². The molecule has 1 aromatic rings. The zero-order valence-corrected chi connectivity index (χ0v) is 9.49. The van der Waals surface area contributed by atoms with Crippen molar-refractivity contribution in [2.75, 3.05) is 0 Å². The number of carboxylic acids is 1. The van der Waals surface area contributed by atoms with Gasteiger partial charge in [-0.2, -0.15) is 0 Å². The summed E-state index contributed by atoms with van der Waals surface area (Å²) >= 11 is 0. The fourth-order valence-electron chi connectivity index (χ4n) is 1.97. The Hall–Kier alpha value is -1.35. The summed E-state index contributed by atoms with van der Waals surface area (Å²) in [4.78, 5) is 11.1. The lowest BCUT2D eigenvalue weighted by Crippen LogP contribution is -2.56. The van der Waals surface area contributed by atoms with Crippen molar-refractivity contribution in [2.45, 2.75) is 38.3 Å². The number of nitrogens with one attached hydrogen (secondary N) is 1. The summed E-state index contributed by atoms with van der Waals surface area (Å²) in [5, 5.41) is 12.3. The fraction of sp³-hybridized carbons (Fsp3) is 0.462. The molecule has 1 fully saturated rings. The molecule has 0 spiro atoms. The molecule has 0 amide bonds. The van der Waals surface area contributed by atoms with Gasteiger partial charge in [0, 0.05) is 6.54 Å². The van der Waals surface area contributed by atoms with E-state index < -0.39 is 11.5 Å². The van der Waals surface area contributed by atoms with Crippen LogP contribution in [0, 0.1) is 6.92 Å². The monoisotopic (exact) mass is 219 g/mol.